The molecule has 3 heterocycles. The molecule has 0 unspecified atom stereocenters. The van der Waals surface area contributed by atoms with Gasteiger partial charge in [0.05, 0.1) is 10.6 Å². The first-order chi connectivity index (χ1) is 11.7. The molecule has 5 nitrogen and oxygen atoms in total. The molecule has 1 amide bonds. The number of hydrogen-bond donors (Lipinski definition) is 0. The zero-order valence-electron chi connectivity index (χ0n) is 13.4. The number of carbonyl (C=O) groups is 1. The van der Waals surface area contributed by atoms with Crippen molar-refractivity contribution < 1.29 is 4.79 Å². The van der Waals surface area contributed by atoms with Crippen molar-refractivity contribution in [1.29, 1.82) is 0 Å². The number of aryl methyl sites for hydroxylation is 2. The summed E-state index contributed by atoms with van der Waals surface area (Å²) in [5, 5.41) is 10.8. The Morgan fingerprint density at radius 1 is 1.08 bits per heavy atom. The lowest BCUT2D eigenvalue weighted by Gasteiger charge is -2.35. The average Bonchev–Trinajstić information content (AvgIpc) is 3.07. The van der Waals surface area contributed by atoms with Crippen molar-refractivity contribution in [3.63, 3.8) is 0 Å². The van der Waals surface area contributed by atoms with E-state index < -0.39 is 0 Å². The van der Waals surface area contributed by atoms with Crippen LogP contribution < -0.4 is 4.90 Å². The molecular weight excluding hydrogens is 388 g/mol. The summed E-state index contributed by atoms with van der Waals surface area (Å²) in [4.78, 5) is 17.5. The lowest BCUT2D eigenvalue weighted by Crippen LogP contribution is -2.49. The SMILES string of the molecule is O=C(c1cc(Br)cs1)N1CCN(c2cc3c(nn2)CCCC3)CC1. The van der Waals surface area contributed by atoms with Crippen LogP contribution in [0, 0.1) is 0 Å². The predicted octanol–water partition coefficient (Wildman–Crippen LogP) is 3.14. The third-order valence-electron chi connectivity index (χ3n) is 4.73. The van der Waals surface area contributed by atoms with Gasteiger partial charge in [-0.3, -0.25) is 4.79 Å². The molecule has 1 fully saturated rings. The van der Waals surface area contributed by atoms with E-state index in [1.807, 2.05) is 16.3 Å². The minimum absolute atomic E-state index is 0.127. The number of rotatable bonds is 2. The molecule has 0 bridgehead atoms. The number of amides is 1. The van der Waals surface area contributed by atoms with Crippen molar-refractivity contribution in [2.45, 2.75) is 25.7 Å². The monoisotopic (exact) mass is 406 g/mol. The summed E-state index contributed by atoms with van der Waals surface area (Å²) < 4.78 is 0.971. The summed E-state index contributed by atoms with van der Waals surface area (Å²) in [6, 6.07) is 4.10. The van der Waals surface area contributed by atoms with Crippen molar-refractivity contribution in [3.8, 4) is 0 Å². The lowest BCUT2D eigenvalue weighted by molar-refractivity contribution is 0.0751. The fourth-order valence-corrected chi connectivity index (χ4v) is 4.75. The maximum Gasteiger partial charge on any atom is 0.264 e. The number of aromatic nitrogens is 2. The van der Waals surface area contributed by atoms with Crippen LogP contribution in [0.5, 0.6) is 0 Å². The van der Waals surface area contributed by atoms with Gasteiger partial charge < -0.3 is 9.80 Å². The fraction of sp³-hybridized carbons (Fsp3) is 0.471. The summed E-state index contributed by atoms with van der Waals surface area (Å²) >= 11 is 4.90. The maximum atomic E-state index is 12.5. The molecule has 0 saturated carbocycles. The first-order valence-electron chi connectivity index (χ1n) is 8.34. The van der Waals surface area contributed by atoms with E-state index in [-0.39, 0.29) is 5.91 Å². The Hall–Kier alpha value is -1.47. The van der Waals surface area contributed by atoms with Crippen molar-refractivity contribution in [1.82, 2.24) is 15.1 Å². The normalized spacial score (nSPS) is 17.7. The molecule has 4 rings (SSSR count). The molecule has 7 heteroatoms. The van der Waals surface area contributed by atoms with Crippen LogP contribution in [0.15, 0.2) is 22.0 Å². The molecule has 2 aliphatic rings. The molecule has 0 spiro atoms. The van der Waals surface area contributed by atoms with Crippen LogP contribution in [0.1, 0.15) is 33.8 Å². The van der Waals surface area contributed by atoms with Gasteiger partial charge in [-0.2, -0.15) is 5.10 Å². The van der Waals surface area contributed by atoms with Gasteiger partial charge in [0.1, 0.15) is 0 Å². The van der Waals surface area contributed by atoms with Crippen molar-refractivity contribution in [2.24, 2.45) is 0 Å². The van der Waals surface area contributed by atoms with Crippen molar-refractivity contribution >= 4 is 39.0 Å². The highest BCUT2D eigenvalue weighted by molar-refractivity contribution is 9.10. The molecule has 2 aromatic heterocycles. The molecule has 0 N–H and O–H groups in total. The Balaban J connectivity index is 1.42. The Morgan fingerprint density at radius 2 is 1.88 bits per heavy atom. The standard InChI is InChI=1S/C17H19BrN4OS/c18-13-10-15(24-11-13)17(23)22-7-5-21(6-8-22)16-9-12-3-1-2-4-14(12)19-20-16/h9-11H,1-8H2. The van der Waals surface area contributed by atoms with Crippen LogP contribution in [-0.2, 0) is 12.8 Å². The molecular formula is C17H19BrN4OS. The Labute approximate surface area is 153 Å². The predicted molar refractivity (Wildman–Crippen MR) is 98.8 cm³/mol. The van der Waals surface area contributed by atoms with Crippen molar-refractivity contribution in [2.75, 3.05) is 31.1 Å². The van der Waals surface area contributed by atoms with Gasteiger partial charge in [0, 0.05) is 36.0 Å². The molecule has 0 aromatic carbocycles. The summed E-state index contributed by atoms with van der Waals surface area (Å²) in [5.41, 5.74) is 2.52. The van der Waals surface area contributed by atoms with Gasteiger partial charge in [0.15, 0.2) is 5.82 Å². The summed E-state index contributed by atoms with van der Waals surface area (Å²) in [6.45, 7) is 3.08. The molecule has 24 heavy (non-hydrogen) atoms. The van der Waals surface area contributed by atoms with Crippen LogP contribution >= 0.6 is 27.3 Å². The van der Waals surface area contributed by atoms with Crippen LogP contribution in [0.4, 0.5) is 5.82 Å². The molecule has 126 valence electrons. The van der Waals surface area contributed by atoms with Gasteiger partial charge in [-0.25, -0.2) is 0 Å². The van der Waals surface area contributed by atoms with Gasteiger partial charge in [-0.1, -0.05) is 0 Å². The zero-order chi connectivity index (χ0) is 16.5. The second-order valence-corrected chi connectivity index (χ2v) is 8.12. The van der Waals surface area contributed by atoms with Gasteiger partial charge in [0.25, 0.3) is 5.91 Å². The molecule has 1 aliphatic carbocycles. The van der Waals surface area contributed by atoms with E-state index in [0.717, 1.165) is 54.2 Å². The van der Waals surface area contributed by atoms with Crippen molar-refractivity contribution in [3.05, 3.63) is 38.1 Å². The summed E-state index contributed by atoms with van der Waals surface area (Å²) in [7, 11) is 0. The smallest absolute Gasteiger partial charge is 0.264 e. The van der Waals surface area contributed by atoms with E-state index in [1.165, 1.54) is 35.4 Å². The number of hydrogen-bond acceptors (Lipinski definition) is 5. The Kier molecular flexibility index (Phi) is 4.54. The van der Waals surface area contributed by atoms with E-state index in [9.17, 15) is 4.79 Å². The minimum atomic E-state index is 0.127. The Bertz CT molecular complexity index is 755. The van der Waals surface area contributed by atoms with Crippen LogP contribution in [0.2, 0.25) is 0 Å². The highest BCUT2D eigenvalue weighted by Crippen LogP contribution is 2.24. The molecule has 0 atom stereocenters. The number of carbonyl (C=O) groups excluding carboxylic acids is 1. The largest absolute Gasteiger partial charge is 0.352 e. The average molecular weight is 407 g/mol. The number of fused-ring (bicyclic) bond motifs is 1. The Morgan fingerprint density at radius 3 is 2.62 bits per heavy atom. The van der Waals surface area contributed by atoms with E-state index >= 15 is 0 Å². The van der Waals surface area contributed by atoms with E-state index in [0.29, 0.717) is 0 Å². The molecule has 2 aromatic rings. The van der Waals surface area contributed by atoms with E-state index in [4.69, 9.17) is 0 Å². The third-order valence-corrected chi connectivity index (χ3v) is 6.41. The van der Waals surface area contributed by atoms with Crippen LogP contribution in [0.3, 0.4) is 0 Å². The summed E-state index contributed by atoms with van der Waals surface area (Å²) in [6.07, 6.45) is 4.64. The first kappa shape index (κ1) is 16.0. The lowest BCUT2D eigenvalue weighted by atomic mass is 9.97. The fourth-order valence-electron chi connectivity index (χ4n) is 3.35. The quantitative estimate of drug-likeness (QED) is 0.768. The second kappa shape index (κ2) is 6.80. The molecule has 1 aliphatic heterocycles. The van der Waals surface area contributed by atoms with Crippen LogP contribution in [-0.4, -0.2) is 47.2 Å². The van der Waals surface area contributed by atoms with E-state index in [1.54, 1.807) is 0 Å². The minimum Gasteiger partial charge on any atom is -0.352 e. The number of nitrogens with zero attached hydrogens (tertiary/aromatic N) is 4. The zero-order valence-corrected chi connectivity index (χ0v) is 15.8. The van der Waals surface area contributed by atoms with E-state index in [2.05, 4.69) is 37.1 Å². The number of anilines is 1. The number of thiophene rings is 1. The number of piperazine rings is 1. The van der Waals surface area contributed by atoms with Gasteiger partial charge in [-0.15, -0.1) is 16.4 Å². The summed E-state index contributed by atoms with van der Waals surface area (Å²) in [5.74, 6) is 1.09. The third kappa shape index (κ3) is 3.19. The molecule has 1 saturated heterocycles. The van der Waals surface area contributed by atoms with Gasteiger partial charge in [0.2, 0.25) is 0 Å². The van der Waals surface area contributed by atoms with Gasteiger partial charge in [-0.05, 0) is 59.3 Å². The highest BCUT2D eigenvalue weighted by Gasteiger charge is 2.24. The van der Waals surface area contributed by atoms with Crippen LogP contribution in [0.25, 0.3) is 0 Å². The first-order valence-corrected chi connectivity index (χ1v) is 10.0. The van der Waals surface area contributed by atoms with Gasteiger partial charge >= 0.3 is 0 Å². The second-order valence-electron chi connectivity index (χ2n) is 6.29. The number of halogens is 1. The molecule has 0 radical (unpaired) electrons. The maximum absolute atomic E-state index is 12.5. The highest BCUT2D eigenvalue weighted by atomic mass is 79.9. The topological polar surface area (TPSA) is 49.3 Å².